The van der Waals surface area contributed by atoms with Crippen LogP contribution in [-0.2, 0) is 25.6 Å². The number of methoxy groups -OCH3 is 1. The Morgan fingerprint density at radius 2 is 1.91 bits per heavy atom. The predicted molar refractivity (Wildman–Crippen MR) is 120 cm³/mol. The van der Waals surface area contributed by atoms with Crippen molar-refractivity contribution in [1.29, 1.82) is 0 Å². The van der Waals surface area contributed by atoms with Gasteiger partial charge in [-0.1, -0.05) is 6.07 Å². The Morgan fingerprint density at radius 3 is 2.63 bits per heavy atom. The van der Waals surface area contributed by atoms with E-state index in [0.717, 1.165) is 5.56 Å². The van der Waals surface area contributed by atoms with E-state index in [1.54, 1.807) is 18.2 Å². The summed E-state index contributed by atoms with van der Waals surface area (Å²) in [5.41, 5.74) is 1.62. The zero-order chi connectivity index (χ0) is 25.1. The van der Waals surface area contributed by atoms with E-state index in [1.807, 2.05) is 0 Å². The molecule has 4 rings (SSSR count). The first-order valence-corrected chi connectivity index (χ1v) is 10.7. The molecule has 2 aromatic heterocycles. The summed E-state index contributed by atoms with van der Waals surface area (Å²) in [6, 6.07) is 5.14. The van der Waals surface area contributed by atoms with Gasteiger partial charge in [-0.25, -0.2) is 15.0 Å². The van der Waals surface area contributed by atoms with E-state index in [9.17, 15) is 19.8 Å². The molecule has 13 heteroatoms. The fraction of sp³-hybridized carbons (Fsp3) is 0.409. The van der Waals surface area contributed by atoms with E-state index in [0.29, 0.717) is 35.0 Å². The summed E-state index contributed by atoms with van der Waals surface area (Å²) in [7, 11) is 1.48. The fourth-order valence-electron chi connectivity index (χ4n) is 3.71. The Balaban J connectivity index is 1.51. The van der Waals surface area contributed by atoms with E-state index in [2.05, 4.69) is 20.3 Å². The average Bonchev–Trinajstić information content (AvgIpc) is 3.38. The van der Waals surface area contributed by atoms with E-state index in [-0.39, 0.29) is 6.61 Å². The third-order valence-corrected chi connectivity index (χ3v) is 5.36. The molecule has 4 atom stereocenters. The van der Waals surface area contributed by atoms with Gasteiger partial charge in [-0.2, -0.15) is 0 Å². The number of anilines is 1. The van der Waals surface area contributed by atoms with E-state index >= 15 is 0 Å². The average molecular weight is 487 g/mol. The molecule has 1 aliphatic heterocycles. The Morgan fingerprint density at radius 1 is 1.11 bits per heavy atom. The van der Waals surface area contributed by atoms with Gasteiger partial charge < -0.3 is 34.5 Å². The molecule has 0 amide bonds. The van der Waals surface area contributed by atoms with Crippen LogP contribution in [0.3, 0.4) is 0 Å². The number of fused-ring (bicyclic) bond motifs is 1. The number of aromatic nitrogens is 4. The number of hydrogen-bond acceptors (Lipinski definition) is 12. The Bertz CT molecular complexity index is 1230. The number of aliphatic hydroxyl groups is 2. The quantitative estimate of drug-likeness (QED) is 0.299. The van der Waals surface area contributed by atoms with Crippen LogP contribution in [0.5, 0.6) is 11.5 Å². The minimum absolute atomic E-state index is 0.196. The number of ether oxygens (including phenoxy) is 4. The molecule has 1 aromatic carbocycles. The molecule has 1 aliphatic rings. The molecule has 0 saturated carbocycles. The minimum atomic E-state index is -1.29. The number of benzene rings is 1. The number of hydrogen-bond donors (Lipinski definition) is 3. The molecular formula is C22H25N5O8. The standard InChI is InChI=1S/C22H25N5O8/c1-11(28)33-8-16-18(30)19(31)22(35-16)27-10-26-17-20(24-9-25-21(17)27)23-7-13-4-5-14(34-12(2)29)15(6-13)32-3/h4-6,9-10,16,18-19,22,30-31H,7-8H2,1-3H3,(H,23,24,25)/t16-,18+,19?,22-/m1/s1. The van der Waals surface area contributed by atoms with Crippen molar-refractivity contribution < 1.29 is 38.7 Å². The molecule has 3 N–H and O–H groups in total. The van der Waals surface area contributed by atoms with Gasteiger partial charge in [0.05, 0.1) is 13.4 Å². The maximum atomic E-state index is 11.2. The molecule has 0 radical (unpaired) electrons. The van der Waals surface area contributed by atoms with E-state index in [4.69, 9.17) is 18.9 Å². The summed E-state index contributed by atoms with van der Waals surface area (Å²) in [5, 5.41) is 24.0. The molecule has 1 fully saturated rings. The lowest BCUT2D eigenvalue weighted by Crippen LogP contribution is -2.34. The Kier molecular flexibility index (Phi) is 7.10. The first kappa shape index (κ1) is 24.3. The number of aliphatic hydroxyl groups excluding tert-OH is 2. The first-order chi connectivity index (χ1) is 16.8. The van der Waals surface area contributed by atoms with Gasteiger partial charge >= 0.3 is 11.9 Å². The van der Waals surface area contributed by atoms with Gasteiger partial charge in [-0.05, 0) is 17.7 Å². The summed E-state index contributed by atoms with van der Waals surface area (Å²) in [6.07, 6.45) is -1.68. The second kappa shape index (κ2) is 10.2. The maximum absolute atomic E-state index is 11.2. The van der Waals surface area contributed by atoms with Crippen LogP contribution in [0.2, 0.25) is 0 Å². The largest absolute Gasteiger partial charge is 0.493 e. The number of esters is 2. The highest BCUT2D eigenvalue weighted by molar-refractivity contribution is 5.82. The zero-order valence-corrected chi connectivity index (χ0v) is 19.2. The summed E-state index contributed by atoms with van der Waals surface area (Å²) in [6.45, 7) is 2.71. The van der Waals surface area contributed by atoms with Gasteiger partial charge in [-0.15, -0.1) is 0 Å². The van der Waals surface area contributed by atoms with Crippen molar-refractivity contribution in [2.75, 3.05) is 19.0 Å². The Labute approximate surface area is 199 Å². The molecule has 13 nitrogen and oxygen atoms in total. The van der Waals surface area contributed by atoms with Gasteiger partial charge in [0.15, 0.2) is 34.7 Å². The normalized spacial score (nSPS) is 21.6. The predicted octanol–water partition coefficient (Wildman–Crippen LogP) is 0.555. The molecule has 3 aromatic rings. The molecule has 0 bridgehead atoms. The lowest BCUT2D eigenvalue weighted by molar-refractivity contribution is -0.147. The molecule has 3 heterocycles. The minimum Gasteiger partial charge on any atom is -0.493 e. The number of carbonyl (C=O) groups is 2. The van der Waals surface area contributed by atoms with Crippen molar-refractivity contribution in [1.82, 2.24) is 19.5 Å². The summed E-state index contributed by atoms with van der Waals surface area (Å²) < 4.78 is 22.5. The lowest BCUT2D eigenvalue weighted by Gasteiger charge is -2.16. The highest BCUT2D eigenvalue weighted by atomic mass is 16.6. The van der Waals surface area contributed by atoms with Crippen molar-refractivity contribution in [3.8, 4) is 11.5 Å². The van der Waals surface area contributed by atoms with Crippen LogP contribution in [0.4, 0.5) is 5.82 Å². The van der Waals surface area contributed by atoms with Crippen LogP contribution in [-0.4, -0.2) is 73.7 Å². The maximum Gasteiger partial charge on any atom is 0.308 e. The van der Waals surface area contributed by atoms with Gasteiger partial charge in [0.1, 0.15) is 31.2 Å². The van der Waals surface area contributed by atoms with Crippen LogP contribution in [0, 0.1) is 0 Å². The van der Waals surface area contributed by atoms with Crippen LogP contribution in [0.1, 0.15) is 25.6 Å². The van der Waals surface area contributed by atoms with Gasteiger partial charge in [-0.3, -0.25) is 14.2 Å². The summed E-state index contributed by atoms with van der Waals surface area (Å²) in [5.74, 6) is 0.187. The molecule has 0 spiro atoms. The molecule has 186 valence electrons. The van der Waals surface area contributed by atoms with Crippen LogP contribution in [0.15, 0.2) is 30.9 Å². The van der Waals surface area contributed by atoms with Crippen LogP contribution in [0.25, 0.3) is 11.2 Å². The number of nitrogens with one attached hydrogen (secondary N) is 1. The molecule has 35 heavy (non-hydrogen) atoms. The smallest absolute Gasteiger partial charge is 0.308 e. The second-order valence-electron chi connectivity index (χ2n) is 7.83. The molecular weight excluding hydrogens is 462 g/mol. The summed E-state index contributed by atoms with van der Waals surface area (Å²) in [4.78, 5) is 35.2. The van der Waals surface area contributed by atoms with Crippen LogP contribution >= 0.6 is 0 Å². The molecule has 1 unspecified atom stereocenters. The highest BCUT2D eigenvalue weighted by Crippen LogP contribution is 2.33. The number of imidazole rings is 1. The second-order valence-corrected chi connectivity index (χ2v) is 7.83. The van der Waals surface area contributed by atoms with Crippen molar-refractivity contribution in [3.63, 3.8) is 0 Å². The number of rotatable bonds is 8. The highest BCUT2D eigenvalue weighted by Gasteiger charge is 2.44. The topological polar surface area (TPSA) is 167 Å². The lowest BCUT2D eigenvalue weighted by atomic mass is 10.1. The molecule has 1 saturated heterocycles. The number of carbonyl (C=O) groups excluding carboxylic acids is 2. The SMILES string of the molecule is COc1cc(CNc2ncnc3c2ncn3[C@@H]2O[C@H](COC(C)=O)[C@H](O)C2O)ccc1OC(C)=O. The third-order valence-electron chi connectivity index (χ3n) is 5.36. The number of nitrogens with zero attached hydrogens (tertiary/aromatic N) is 4. The van der Waals surface area contributed by atoms with Crippen molar-refractivity contribution >= 4 is 28.9 Å². The van der Waals surface area contributed by atoms with Gasteiger partial charge in [0.25, 0.3) is 0 Å². The van der Waals surface area contributed by atoms with Gasteiger partial charge in [0, 0.05) is 20.4 Å². The Hall–Kier alpha value is -3.81. The first-order valence-electron chi connectivity index (χ1n) is 10.7. The van der Waals surface area contributed by atoms with Crippen molar-refractivity contribution in [3.05, 3.63) is 36.4 Å². The monoisotopic (exact) mass is 487 g/mol. The summed E-state index contributed by atoms with van der Waals surface area (Å²) >= 11 is 0. The molecule has 0 aliphatic carbocycles. The fourth-order valence-corrected chi connectivity index (χ4v) is 3.71. The van der Waals surface area contributed by atoms with Crippen LogP contribution < -0.4 is 14.8 Å². The van der Waals surface area contributed by atoms with Gasteiger partial charge in [0.2, 0.25) is 0 Å². The van der Waals surface area contributed by atoms with Crippen molar-refractivity contribution in [2.45, 2.75) is 44.9 Å². The zero-order valence-electron chi connectivity index (χ0n) is 19.2. The third kappa shape index (κ3) is 5.16. The van der Waals surface area contributed by atoms with Crippen molar-refractivity contribution in [2.24, 2.45) is 0 Å². The van der Waals surface area contributed by atoms with E-state index < -0.39 is 36.5 Å². The van der Waals surface area contributed by atoms with E-state index in [1.165, 1.54) is 38.2 Å².